The molecule has 0 heterocycles. The Morgan fingerprint density at radius 1 is 1.30 bits per heavy atom. The summed E-state index contributed by atoms with van der Waals surface area (Å²) in [6.45, 7) is 7.68. The molecule has 4 nitrogen and oxygen atoms in total. The predicted octanol–water partition coefficient (Wildman–Crippen LogP) is 2.13. The van der Waals surface area contributed by atoms with Crippen LogP contribution in [0.5, 0.6) is 0 Å². The lowest BCUT2D eigenvalue weighted by Gasteiger charge is -2.14. The van der Waals surface area contributed by atoms with Gasteiger partial charge in [-0.25, -0.2) is 8.42 Å². The van der Waals surface area contributed by atoms with E-state index >= 15 is 0 Å². The quantitative estimate of drug-likeness (QED) is 0.875. The van der Waals surface area contributed by atoms with Crippen LogP contribution in [0.3, 0.4) is 0 Å². The smallest absolute Gasteiger partial charge is 0.238 e. The summed E-state index contributed by atoms with van der Waals surface area (Å²) in [5, 5.41) is 1.61. The van der Waals surface area contributed by atoms with Crippen molar-refractivity contribution in [2.24, 2.45) is 0 Å². The maximum Gasteiger partial charge on any atom is 0.238 e. The van der Waals surface area contributed by atoms with Gasteiger partial charge in [0, 0.05) is 6.54 Å². The van der Waals surface area contributed by atoms with Crippen LogP contribution < -0.4 is 5.32 Å². The number of sulfone groups is 1. The molecule has 0 spiro atoms. The van der Waals surface area contributed by atoms with Gasteiger partial charge in [0.25, 0.3) is 0 Å². The second kappa shape index (κ2) is 6.88. The topological polar surface area (TPSA) is 63.2 Å². The number of carbonyl (C=O) groups is 1. The molecule has 5 heteroatoms. The van der Waals surface area contributed by atoms with Gasteiger partial charge in [0.15, 0.2) is 9.84 Å². The van der Waals surface area contributed by atoms with E-state index in [-0.39, 0.29) is 5.75 Å². The Balaban J connectivity index is 2.89. The van der Waals surface area contributed by atoms with Crippen molar-refractivity contribution in [2.45, 2.75) is 45.1 Å². The molecule has 1 atom stereocenters. The SMILES string of the molecule is CCCNC(=O)[C@H](C)S(=O)(=O)Cc1cc(C)ccc1C. The van der Waals surface area contributed by atoms with Gasteiger partial charge in [0.2, 0.25) is 5.91 Å². The Kier molecular flexibility index (Phi) is 5.74. The second-order valence-corrected chi connectivity index (χ2v) is 7.49. The number of carbonyl (C=O) groups excluding carboxylic acids is 1. The van der Waals surface area contributed by atoms with E-state index in [1.165, 1.54) is 6.92 Å². The summed E-state index contributed by atoms with van der Waals surface area (Å²) in [6, 6.07) is 5.72. The third kappa shape index (κ3) is 4.34. The fourth-order valence-corrected chi connectivity index (χ4v) is 3.26. The lowest BCUT2D eigenvalue weighted by atomic mass is 10.1. The maximum atomic E-state index is 12.3. The Labute approximate surface area is 121 Å². The first-order valence-corrected chi connectivity index (χ1v) is 8.55. The molecule has 0 saturated heterocycles. The average Bonchev–Trinajstić information content (AvgIpc) is 2.39. The van der Waals surface area contributed by atoms with Crippen molar-refractivity contribution in [1.29, 1.82) is 0 Å². The summed E-state index contributed by atoms with van der Waals surface area (Å²) < 4.78 is 24.6. The van der Waals surface area contributed by atoms with E-state index in [2.05, 4.69) is 5.32 Å². The molecule has 0 bridgehead atoms. The van der Waals surface area contributed by atoms with E-state index in [9.17, 15) is 13.2 Å². The monoisotopic (exact) mass is 297 g/mol. The van der Waals surface area contributed by atoms with E-state index in [0.717, 1.165) is 23.1 Å². The Hall–Kier alpha value is -1.36. The van der Waals surface area contributed by atoms with Crippen LogP contribution in [0.2, 0.25) is 0 Å². The highest BCUT2D eigenvalue weighted by atomic mass is 32.2. The number of benzene rings is 1. The van der Waals surface area contributed by atoms with Crippen LogP contribution in [0, 0.1) is 13.8 Å². The summed E-state index contributed by atoms with van der Waals surface area (Å²) in [6.07, 6.45) is 0.787. The van der Waals surface area contributed by atoms with E-state index < -0.39 is 21.0 Å². The lowest BCUT2D eigenvalue weighted by Crippen LogP contribution is -2.38. The molecule has 0 aliphatic rings. The molecule has 1 aromatic carbocycles. The summed E-state index contributed by atoms with van der Waals surface area (Å²) in [5.74, 6) is -0.515. The van der Waals surface area contributed by atoms with Crippen LogP contribution in [-0.4, -0.2) is 26.1 Å². The molecule has 0 aliphatic heterocycles. The van der Waals surface area contributed by atoms with Gasteiger partial charge in [0.05, 0.1) is 5.75 Å². The average molecular weight is 297 g/mol. The van der Waals surface area contributed by atoms with Gasteiger partial charge in [-0.2, -0.15) is 0 Å². The Morgan fingerprint density at radius 3 is 2.55 bits per heavy atom. The summed E-state index contributed by atoms with van der Waals surface area (Å²) in [7, 11) is -3.49. The minimum Gasteiger partial charge on any atom is -0.355 e. The molecule has 1 amide bonds. The highest BCUT2D eigenvalue weighted by molar-refractivity contribution is 7.92. The number of aryl methyl sites for hydroxylation is 2. The van der Waals surface area contributed by atoms with Gasteiger partial charge < -0.3 is 5.32 Å². The number of hydrogen-bond acceptors (Lipinski definition) is 3. The first kappa shape index (κ1) is 16.7. The normalized spacial score (nSPS) is 13.0. The number of rotatable bonds is 6. The molecular formula is C15H23NO3S. The van der Waals surface area contributed by atoms with E-state index in [0.29, 0.717) is 6.54 Å². The van der Waals surface area contributed by atoms with Crippen LogP contribution in [0.1, 0.15) is 37.0 Å². The molecule has 20 heavy (non-hydrogen) atoms. The van der Waals surface area contributed by atoms with Gasteiger partial charge in [0.1, 0.15) is 5.25 Å². The predicted molar refractivity (Wildman–Crippen MR) is 81.3 cm³/mol. The fraction of sp³-hybridized carbons (Fsp3) is 0.533. The molecule has 0 unspecified atom stereocenters. The third-order valence-electron chi connectivity index (χ3n) is 3.32. The zero-order valence-corrected chi connectivity index (χ0v) is 13.4. The van der Waals surface area contributed by atoms with Crippen molar-refractivity contribution in [3.63, 3.8) is 0 Å². The van der Waals surface area contributed by atoms with E-state index in [1.807, 2.05) is 39.0 Å². The standard InChI is InChI=1S/C15H23NO3S/c1-5-8-16-15(17)13(4)20(18,19)10-14-9-11(2)6-7-12(14)3/h6-7,9,13H,5,8,10H2,1-4H3,(H,16,17)/t13-/m0/s1. The zero-order valence-electron chi connectivity index (χ0n) is 12.6. The number of amides is 1. The molecule has 1 aromatic rings. The Bertz CT molecular complexity index is 579. The highest BCUT2D eigenvalue weighted by Crippen LogP contribution is 2.17. The lowest BCUT2D eigenvalue weighted by molar-refractivity contribution is -0.120. The highest BCUT2D eigenvalue weighted by Gasteiger charge is 2.28. The van der Waals surface area contributed by atoms with Crippen molar-refractivity contribution in [1.82, 2.24) is 5.32 Å². The number of nitrogens with one attached hydrogen (secondary N) is 1. The van der Waals surface area contributed by atoms with Gasteiger partial charge in [-0.1, -0.05) is 30.7 Å². The second-order valence-electron chi connectivity index (χ2n) is 5.17. The van der Waals surface area contributed by atoms with E-state index in [4.69, 9.17) is 0 Å². The van der Waals surface area contributed by atoms with Crippen molar-refractivity contribution in [2.75, 3.05) is 6.54 Å². The maximum absolute atomic E-state index is 12.3. The van der Waals surface area contributed by atoms with Crippen LogP contribution >= 0.6 is 0 Å². The van der Waals surface area contributed by atoms with Gasteiger partial charge >= 0.3 is 0 Å². The van der Waals surface area contributed by atoms with Crippen LogP contribution in [0.25, 0.3) is 0 Å². The van der Waals surface area contributed by atoms with Crippen molar-refractivity contribution >= 4 is 15.7 Å². The third-order valence-corrected chi connectivity index (χ3v) is 5.32. The van der Waals surface area contributed by atoms with Crippen molar-refractivity contribution < 1.29 is 13.2 Å². The van der Waals surface area contributed by atoms with Gasteiger partial charge in [-0.05, 0) is 38.3 Å². The summed E-state index contributed by atoms with van der Waals surface area (Å²) >= 11 is 0. The van der Waals surface area contributed by atoms with E-state index in [1.54, 1.807) is 0 Å². The minimum absolute atomic E-state index is 0.0960. The van der Waals surface area contributed by atoms with Gasteiger partial charge in [-0.3, -0.25) is 4.79 Å². The summed E-state index contributed by atoms with van der Waals surface area (Å²) in [4.78, 5) is 11.8. The molecule has 0 aliphatic carbocycles. The first-order valence-electron chi connectivity index (χ1n) is 6.83. The van der Waals surface area contributed by atoms with Gasteiger partial charge in [-0.15, -0.1) is 0 Å². The summed E-state index contributed by atoms with van der Waals surface area (Å²) in [5.41, 5.74) is 2.71. The van der Waals surface area contributed by atoms with Crippen LogP contribution in [0.4, 0.5) is 0 Å². The molecule has 112 valence electrons. The largest absolute Gasteiger partial charge is 0.355 e. The first-order chi connectivity index (χ1) is 9.27. The van der Waals surface area contributed by atoms with Crippen molar-refractivity contribution in [3.05, 3.63) is 34.9 Å². The number of hydrogen-bond donors (Lipinski definition) is 1. The fourth-order valence-electron chi connectivity index (χ4n) is 1.85. The van der Waals surface area contributed by atoms with Crippen molar-refractivity contribution in [3.8, 4) is 0 Å². The molecule has 1 rings (SSSR count). The van der Waals surface area contributed by atoms with Crippen LogP contribution in [0.15, 0.2) is 18.2 Å². The Morgan fingerprint density at radius 2 is 1.95 bits per heavy atom. The van der Waals surface area contributed by atoms with Crippen LogP contribution in [-0.2, 0) is 20.4 Å². The molecule has 0 saturated carbocycles. The molecular weight excluding hydrogens is 274 g/mol. The molecule has 0 radical (unpaired) electrons. The molecule has 0 aromatic heterocycles. The zero-order chi connectivity index (χ0) is 15.3. The molecule has 1 N–H and O–H groups in total. The molecule has 0 fully saturated rings. The minimum atomic E-state index is -3.49.